The quantitative estimate of drug-likeness (QED) is 0.370. The molecule has 0 aromatic heterocycles. The highest BCUT2D eigenvalue weighted by Crippen LogP contribution is 2.66. The van der Waals surface area contributed by atoms with Crippen molar-refractivity contribution in [1.29, 1.82) is 0 Å². The topological polar surface area (TPSA) is 0 Å². The van der Waals surface area contributed by atoms with Crippen LogP contribution in [0, 0.1) is 28.6 Å². The molecule has 0 heterocycles. The lowest BCUT2D eigenvalue weighted by atomic mass is 9.47. The van der Waals surface area contributed by atoms with Gasteiger partial charge in [-0.05, 0) is 86.4 Å². The van der Waals surface area contributed by atoms with Gasteiger partial charge in [-0.25, -0.2) is 0 Å². The molecule has 4 aliphatic carbocycles. The minimum atomic E-state index is 0.567. The van der Waals surface area contributed by atoms with Crippen molar-refractivity contribution in [2.24, 2.45) is 28.6 Å². The molecule has 0 bridgehead atoms. The number of allylic oxidation sites excluding steroid dienone is 2. The summed E-state index contributed by atoms with van der Waals surface area (Å²) in [5.74, 6) is 2.95. The second-order valence-corrected chi connectivity index (χ2v) is 9.80. The van der Waals surface area contributed by atoms with Crippen molar-refractivity contribution in [3.05, 3.63) is 11.6 Å². The van der Waals surface area contributed by atoms with E-state index in [2.05, 4.69) is 35.9 Å². The van der Waals surface area contributed by atoms with Crippen molar-refractivity contribution in [2.45, 2.75) is 76.5 Å². The van der Waals surface area contributed by atoms with Crippen molar-refractivity contribution in [2.75, 3.05) is 0 Å². The Labute approximate surface area is 132 Å². The van der Waals surface area contributed by atoms with Crippen LogP contribution in [0.3, 0.4) is 0 Å². The van der Waals surface area contributed by atoms with E-state index in [1.807, 2.05) is 5.57 Å². The first-order valence-corrected chi connectivity index (χ1v) is 9.80. The average molecular weight is 337 g/mol. The van der Waals surface area contributed by atoms with E-state index >= 15 is 0 Å². The van der Waals surface area contributed by atoms with E-state index in [0.717, 1.165) is 22.6 Å². The van der Waals surface area contributed by atoms with Gasteiger partial charge in [0.05, 0.1) is 0 Å². The molecule has 0 nitrogen and oxygen atoms in total. The molecule has 6 atom stereocenters. The summed E-state index contributed by atoms with van der Waals surface area (Å²) >= 11 is 4.07. The van der Waals surface area contributed by atoms with Gasteiger partial charge in [0.1, 0.15) is 0 Å². The number of fused-ring (bicyclic) bond motifs is 5. The molecular weight excluding hydrogens is 308 g/mol. The van der Waals surface area contributed by atoms with Crippen LogP contribution in [0.5, 0.6) is 0 Å². The second kappa shape index (κ2) is 4.61. The Balaban J connectivity index is 1.70. The molecule has 0 aromatic carbocycles. The summed E-state index contributed by atoms with van der Waals surface area (Å²) in [6.45, 7) is 5.22. The SMILES string of the molecule is C[C@@]12CCC(Br)[C@H]1[C@@H]1CCC3=CCCC[C@]3(C)[C@H]1CC2. The number of hydrogen-bond donors (Lipinski definition) is 0. The third-order valence-corrected chi connectivity index (χ3v) is 8.81. The summed E-state index contributed by atoms with van der Waals surface area (Å²) in [5, 5.41) is 0. The van der Waals surface area contributed by atoms with E-state index < -0.39 is 0 Å². The van der Waals surface area contributed by atoms with Crippen molar-refractivity contribution in [3.8, 4) is 0 Å². The molecule has 1 heteroatoms. The van der Waals surface area contributed by atoms with Gasteiger partial charge >= 0.3 is 0 Å². The maximum Gasteiger partial charge on any atom is 0.0182 e. The molecule has 0 aliphatic heterocycles. The summed E-state index contributed by atoms with van der Waals surface area (Å²) < 4.78 is 0. The highest BCUT2D eigenvalue weighted by atomic mass is 79.9. The monoisotopic (exact) mass is 336 g/mol. The van der Waals surface area contributed by atoms with Crippen molar-refractivity contribution in [3.63, 3.8) is 0 Å². The first kappa shape index (κ1) is 13.9. The molecule has 3 fully saturated rings. The Hall–Kier alpha value is 0.220. The van der Waals surface area contributed by atoms with Gasteiger partial charge in [0.2, 0.25) is 0 Å². The van der Waals surface area contributed by atoms with Crippen molar-refractivity contribution in [1.82, 2.24) is 0 Å². The molecule has 4 rings (SSSR count). The lowest BCUT2D eigenvalue weighted by Crippen LogP contribution is -2.50. The molecule has 112 valence electrons. The number of halogens is 1. The fourth-order valence-corrected chi connectivity index (χ4v) is 7.98. The van der Waals surface area contributed by atoms with Crippen molar-refractivity contribution < 1.29 is 0 Å². The van der Waals surface area contributed by atoms with Crippen LogP contribution in [-0.2, 0) is 0 Å². The third kappa shape index (κ3) is 1.77. The highest BCUT2D eigenvalue weighted by molar-refractivity contribution is 9.09. The zero-order valence-electron chi connectivity index (χ0n) is 13.1. The van der Waals surface area contributed by atoms with E-state index in [4.69, 9.17) is 0 Å². The Morgan fingerprint density at radius 2 is 1.90 bits per heavy atom. The van der Waals surface area contributed by atoms with E-state index in [1.54, 1.807) is 0 Å². The first-order chi connectivity index (χ1) is 9.55. The van der Waals surface area contributed by atoms with Crippen LogP contribution in [0.15, 0.2) is 11.6 Å². The van der Waals surface area contributed by atoms with Gasteiger partial charge in [0, 0.05) is 4.83 Å². The smallest absolute Gasteiger partial charge is 0.0182 e. The molecular formula is C19H29Br. The Kier molecular flexibility index (Phi) is 3.19. The lowest BCUT2D eigenvalue weighted by molar-refractivity contribution is -0.0338. The standard InChI is InChI=1S/C19H29Br/c1-18-11-8-15-14(17(18)16(20)9-12-18)7-6-13-5-3-4-10-19(13,15)2/h5,14-17H,3-4,6-12H2,1-2H3/t14-,15+,16?,17-,18-,19+/m1/s1. The van der Waals surface area contributed by atoms with E-state index in [1.165, 1.54) is 57.8 Å². The maximum atomic E-state index is 4.07. The first-order valence-electron chi connectivity index (χ1n) is 8.88. The van der Waals surface area contributed by atoms with Gasteiger partial charge in [-0.15, -0.1) is 0 Å². The van der Waals surface area contributed by atoms with Gasteiger partial charge in [-0.1, -0.05) is 41.4 Å². The van der Waals surface area contributed by atoms with Crippen LogP contribution >= 0.6 is 15.9 Å². The highest BCUT2D eigenvalue weighted by Gasteiger charge is 2.57. The zero-order valence-corrected chi connectivity index (χ0v) is 14.7. The molecule has 0 aromatic rings. The maximum absolute atomic E-state index is 4.07. The molecule has 0 saturated heterocycles. The van der Waals surface area contributed by atoms with Crippen LogP contribution in [0.1, 0.15) is 71.6 Å². The van der Waals surface area contributed by atoms with Crippen LogP contribution in [0.2, 0.25) is 0 Å². The largest absolute Gasteiger partial charge is 0.0887 e. The zero-order chi connectivity index (χ0) is 14.0. The van der Waals surface area contributed by atoms with Crippen LogP contribution in [-0.4, -0.2) is 4.83 Å². The lowest BCUT2D eigenvalue weighted by Gasteiger charge is -2.58. The summed E-state index contributed by atoms with van der Waals surface area (Å²) in [7, 11) is 0. The van der Waals surface area contributed by atoms with E-state index in [-0.39, 0.29) is 0 Å². The molecule has 0 amide bonds. The fourth-order valence-electron chi connectivity index (χ4n) is 6.72. The van der Waals surface area contributed by atoms with Gasteiger partial charge in [0.25, 0.3) is 0 Å². The number of hydrogen-bond acceptors (Lipinski definition) is 0. The summed E-state index contributed by atoms with van der Waals surface area (Å²) in [4.78, 5) is 0.804. The average Bonchev–Trinajstić information content (AvgIpc) is 2.74. The van der Waals surface area contributed by atoms with Crippen LogP contribution < -0.4 is 0 Å². The molecule has 0 spiro atoms. The fraction of sp³-hybridized carbons (Fsp3) is 0.895. The Bertz CT molecular complexity index is 439. The number of alkyl halides is 1. The van der Waals surface area contributed by atoms with Gasteiger partial charge in [-0.3, -0.25) is 0 Å². The van der Waals surface area contributed by atoms with Gasteiger partial charge in [-0.2, -0.15) is 0 Å². The molecule has 0 radical (unpaired) electrons. The Morgan fingerprint density at radius 1 is 1.10 bits per heavy atom. The minimum Gasteiger partial charge on any atom is -0.0887 e. The molecule has 3 saturated carbocycles. The van der Waals surface area contributed by atoms with E-state index in [0.29, 0.717) is 10.8 Å². The van der Waals surface area contributed by atoms with Gasteiger partial charge < -0.3 is 0 Å². The van der Waals surface area contributed by atoms with Crippen LogP contribution in [0.25, 0.3) is 0 Å². The summed E-state index contributed by atoms with van der Waals surface area (Å²) in [6.07, 6.45) is 15.6. The number of rotatable bonds is 0. The predicted molar refractivity (Wildman–Crippen MR) is 89.0 cm³/mol. The third-order valence-electron chi connectivity index (χ3n) is 7.78. The molecule has 0 N–H and O–H groups in total. The second-order valence-electron chi connectivity index (χ2n) is 8.62. The Morgan fingerprint density at radius 3 is 2.75 bits per heavy atom. The molecule has 1 unspecified atom stereocenters. The predicted octanol–water partition coefficient (Wildman–Crippen LogP) is 6.10. The molecule has 20 heavy (non-hydrogen) atoms. The van der Waals surface area contributed by atoms with Crippen molar-refractivity contribution >= 4 is 15.9 Å². The molecule has 4 aliphatic rings. The minimum absolute atomic E-state index is 0.567. The van der Waals surface area contributed by atoms with E-state index in [9.17, 15) is 0 Å². The summed E-state index contributed by atoms with van der Waals surface area (Å²) in [5.41, 5.74) is 3.07. The van der Waals surface area contributed by atoms with Crippen LogP contribution in [0.4, 0.5) is 0 Å². The summed E-state index contributed by atoms with van der Waals surface area (Å²) in [6, 6.07) is 0. The van der Waals surface area contributed by atoms with Gasteiger partial charge in [0.15, 0.2) is 0 Å². The normalized spacial score (nSPS) is 54.6.